The van der Waals surface area contributed by atoms with Crippen molar-refractivity contribution in [2.45, 2.75) is 24.8 Å². The van der Waals surface area contributed by atoms with E-state index in [9.17, 15) is 9.59 Å². The Morgan fingerprint density at radius 1 is 1.17 bits per heavy atom. The molecule has 2 aromatic carbocycles. The van der Waals surface area contributed by atoms with Gasteiger partial charge in [0, 0.05) is 10.5 Å². The zero-order chi connectivity index (χ0) is 25.1. The van der Waals surface area contributed by atoms with Crippen LogP contribution >= 0.6 is 23.1 Å². The number of aromatic nitrogens is 1. The molecule has 0 aliphatic carbocycles. The number of hydrogen-bond acceptors (Lipinski definition) is 8. The average molecular weight is 511 g/mol. The number of benzene rings is 2. The molecule has 1 aromatic heterocycles. The molecule has 9 heteroatoms. The molecule has 0 spiro atoms. The van der Waals surface area contributed by atoms with Crippen LogP contribution in [0.4, 0.5) is 0 Å². The van der Waals surface area contributed by atoms with Crippen molar-refractivity contribution >= 4 is 35.1 Å². The van der Waals surface area contributed by atoms with E-state index < -0.39 is 12.0 Å². The van der Waals surface area contributed by atoms with E-state index in [1.54, 1.807) is 62.6 Å². The van der Waals surface area contributed by atoms with Crippen LogP contribution in [-0.4, -0.2) is 37.6 Å². The van der Waals surface area contributed by atoms with Crippen molar-refractivity contribution < 1.29 is 19.0 Å². The number of thiazole rings is 1. The summed E-state index contributed by atoms with van der Waals surface area (Å²) in [6, 6.07) is 12.6. The Labute approximate surface area is 211 Å². The zero-order valence-electron chi connectivity index (χ0n) is 20.2. The first kappa shape index (κ1) is 24.8. The largest absolute Gasteiger partial charge is 0.497 e. The van der Waals surface area contributed by atoms with Crippen molar-refractivity contribution in [1.29, 1.82) is 0 Å². The molecule has 35 heavy (non-hydrogen) atoms. The van der Waals surface area contributed by atoms with Crippen LogP contribution in [0.1, 0.15) is 31.0 Å². The smallest absolute Gasteiger partial charge is 0.338 e. The second kappa shape index (κ2) is 10.5. The Bertz CT molecular complexity index is 1470. The number of carbonyl (C=O) groups is 1. The van der Waals surface area contributed by atoms with Crippen LogP contribution in [0.2, 0.25) is 0 Å². The summed E-state index contributed by atoms with van der Waals surface area (Å²) >= 11 is 2.89. The first-order chi connectivity index (χ1) is 16.9. The van der Waals surface area contributed by atoms with Crippen molar-refractivity contribution in [1.82, 2.24) is 4.57 Å². The van der Waals surface area contributed by atoms with Gasteiger partial charge in [0.05, 0.1) is 42.7 Å². The lowest BCUT2D eigenvalue weighted by molar-refractivity contribution is -0.139. The van der Waals surface area contributed by atoms with Crippen molar-refractivity contribution in [3.05, 3.63) is 84.5 Å². The quantitative estimate of drug-likeness (QED) is 0.357. The number of nitrogens with zero attached hydrogens (tertiary/aromatic N) is 2. The van der Waals surface area contributed by atoms with Gasteiger partial charge in [-0.15, -0.1) is 11.8 Å². The van der Waals surface area contributed by atoms with Crippen molar-refractivity contribution in [2.24, 2.45) is 4.99 Å². The van der Waals surface area contributed by atoms with Crippen LogP contribution in [-0.2, 0) is 9.53 Å². The summed E-state index contributed by atoms with van der Waals surface area (Å²) in [6.45, 7) is 3.76. The highest BCUT2D eigenvalue weighted by molar-refractivity contribution is 7.98. The normalized spacial score (nSPS) is 15.5. The molecule has 2 heterocycles. The van der Waals surface area contributed by atoms with E-state index in [0.29, 0.717) is 37.7 Å². The van der Waals surface area contributed by atoms with Gasteiger partial charge in [0.2, 0.25) is 0 Å². The van der Waals surface area contributed by atoms with Crippen LogP contribution in [0.3, 0.4) is 0 Å². The SMILES string of the molecule is CCOC(=O)C1=C(C)N=c2s/c(=C/c3cc(OC)ccc3OC)c(=O)n2C1c1ccc(SC)cc1. The molecule has 182 valence electrons. The van der Waals surface area contributed by atoms with Gasteiger partial charge < -0.3 is 14.2 Å². The third-order valence-electron chi connectivity index (χ3n) is 5.67. The summed E-state index contributed by atoms with van der Waals surface area (Å²) in [7, 11) is 3.16. The highest BCUT2D eigenvalue weighted by Crippen LogP contribution is 2.32. The number of hydrogen-bond donors (Lipinski definition) is 0. The second-order valence-electron chi connectivity index (χ2n) is 7.68. The summed E-state index contributed by atoms with van der Waals surface area (Å²) in [6.07, 6.45) is 3.77. The number of thioether (sulfide) groups is 1. The van der Waals surface area contributed by atoms with Crippen LogP contribution in [0.15, 0.2) is 68.4 Å². The Morgan fingerprint density at radius 3 is 2.54 bits per heavy atom. The standard InChI is InChI=1S/C26H26N2O5S2/c1-6-33-25(30)22-15(2)27-26-28(23(22)16-7-10-19(34-5)11-8-16)24(29)21(35-26)14-17-13-18(31-3)9-12-20(17)32-4/h7-14,23H,6H2,1-5H3/b21-14+. The van der Waals surface area contributed by atoms with Gasteiger partial charge in [0.25, 0.3) is 5.56 Å². The van der Waals surface area contributed by atoms with E-state index in [0.717, 1.165) is 10.5 Å². The lowest BCUT2D eigenvalue weighted by Crippen LogP contribution is -2.39. The lowest BCUT2D eigenvalue weighted by atomic mass is 9.96. The van der Waals surface area contributed by atoms with Gasteiger partial charge >= 0.3 is 5.97 Å². The van der Waals surface area contributed by atoms with Crippen molar-refractivity contribution in [3.63, 3.8) is 0 Å². The summed E-state index contributed by atoms with van der Waals surface area (Å²) in [4.78, 5) is 33.0. The minimum Gasteiger partial charge on any atom is -0.497 e. The van der Waals surface area contributed by atoms with E-state index in [-0.39, 0.29) is 12.2 Å². The Hall–Kier alpha value is -3.30. The summed E-state index contributed by atoms with van der Waals surface area (Å²) in [5.41, 5.74) is 2.17. The number of rotatable bonds is 7. The Balaban J connectivity index is 1.95. The third kappa shape index (κ3) is 4.78. The lowest BCUT2D eigenvalue weighted by Gasteiger charge is -2.24. The number of allylic oxidation sites excluding steroid dienone is 1. The minimum atomic E-state index is -0.643. The van der Waals surface area contributed by atoms with Crippen LogP contribution in [0, 0.1) is 0 Å². The number of carbonyl (C=O) groups excluding carboxylic acids is 1. The third-order valence-corrected chi connectivity index (χ3v) is 7.40. The van der Waals surface area contributed by atoms with E-state index in [1.165, 1.54) is 11.3 Å². The average Bonchev–Trinajstić information content (AvgIpc) is 3.17. The topological polar surface area (TPSA) is 79.1 Å². The molecule has 0 N–H and O–H groups in total. The molecule has 0 amide bonds. The number of ether oxygens (including phenoxy) is 3. The van der Waals surface area contributed by atoms with Gasteiger partial charge in [-0.25, -0.2) is 9.79 Å². The van der Waals surface area contributed by atoms with Gasteiger partial charge in [-0.1, -0.05) is 23.5 Å². The molecule has 1 aliphatic rings. The van der Waals surface area contributed by atoms with E-state index in [4.69, 9.17) is 14.2 Å². The molecular formula is C26H26N2O5S2. The fraction of sp³-hybridized carbons (Fsp3) is 0.269. The van der Waals surface area contributed by atoms with Crippen LogP contribution < -0.4 is 24.4 Å². The molecule has 0 saturated carbocycles. The van der Waals surface area contributed by atoms with Gasteiger partial charge in [-0.05, 0) is 62.1 Å². The summed E-state index contributed by atoms with van der Waals surface area (Å²) < 4.78 is 18.2. The Kier molecular flexibility index (Phi) is 7.47. The maximum absolute atomic E-state index is 13.7. The maximum Gasteiger partial charge on any atom is 0.338 e. The van der Waals surface area contributed by atoms with Crippen LogP contribution in [0.5, 0.6) is 11.5 Å². The first-order valence-corrected chi connectivity index (χ1v) is 13.0. The van der Waals surface area contributed by atoms with E-state index in [1.807, 2.05) is 36.6 Å². The predicted octanol–water partition coefficient (Wildman–Crippen LogP) is 3.54. The summed E-state index contributed by atoms with van der Waals surface area (Å²) in [5.74, 6) is 0.790. The molecule has 3 aromatic rings. The number of fused-ring (bicyclic) bond motifs is 1. The molecule has 1 aliphatic heterocycles. The molecule has 0 fully saturated rings. The molecule has 0 saturated heterocycles. The minimum absolute atomic E-state index is 0.230. The molecule has 1 atom stereocenters. The monoisotopic (exact) mass is 510 g/mol. The number of methoxy groups -OCH3 is 2. The van der Waals surface area contributed by atoms with Crippen molar-refractivity contribution in [2.75, 3.05) is 27.1 Å². The molecule has 7 nitrogen and oxygen atoms in total. The first-order valence-electron chi connectivity index (χ1n) is 11.0. The molecule has 4 rings (SSSR count). The molecule has 1 unspecified atom stereocenters. The molecular weight excluding hydrogens is 484 g/mol. The molecule has 0 bridgehead atoms. The van der Waals surface area contributed by atoms with E-state index in [2.05, 4.69) is 4.99 Å². The predicted molar refractivity (Wildman–Crippen MR) is 138 cm³/mol. The highest BCUT2D eigenvalue weighted by Gasteiger charge is 2.33. The number of esters is 1. The van der Waals surface area contributed by atoms with Crippen molar-refractivity contribution in [3.8, 4) is 11.5 Å². The van der Waals surface area contributed by atoms with Gasteiger partial charge in [-0.3, -0.25) is 9.36 Å². The highest BCUT2D eigenvalue weighted by atomic mass is 32.2. The van der Waals surface area contributed by atoms with Gasteiger partial charge in [0.1, 0.15) is 11.5 Å². The fourth-order valence-electron chi connectivity index (χ4n) is 3.99. The van der Waals surface area contributed by atoms with Crippen LogP contribution in [0.25, 0.3) is 6.08 Å². The maximum atomic E-state index is 13.7. The summed E-state index contributed by atoms with van der Waals surface area (Å²) in [5, 5.41) is 0. The van der Waals surface area contributed by atoms with E-state index >= 15 is 0 Å². The van der Waals surface area contributed by atoms with Gasteiger partial charge in [-0.2, -0.15) is 0 Å². The Morgan fingerprint density at radius 2 is 1.91 bits per heavy atom. The molecule has 0 radical (unpaired) electrons. The van der Waals surface area contributed by atoms with Gasteiger partial charge in [0.15, 0.2) is 4.80 Å². The second-order valence-corrected chi connectivity index (χ2v) is 9.57. The zero-order valence-corrected chi connectivity index (χ0v) is 21.8. The fourth-order valence-corrected chi connectivity index (χ4v) is 5.43.